The van der Waals surface area contributed by atoms with Gasteiger partial charge in [0.2, 0.25) is 0 Å². The molecule has 21 heavy (non-hydrogen) atoms. The molecule has 2 aromatic rings. The first-order valence-corrected chi connectivity index (χ1v) is 7.02. The minimum Gasteiger partial charge on any atom is -0.497 e. The van der Waals surface area contributed by atoms with Gasteiger partial charge in [-0.2, -0.15) is 0 Å². The van der Waals surface area contributed by atoms with Crippen molar-refractivity contribution in [2.45, 2.75) is 0 Å². The molecule has 0 amide bonds. The number of nitrogens with one attached hydrogen (secondary N) is 1. The molecule has 0 aliphatic rings. The molecule has 0 spiro atoms. The molecule has 2 rings (SSSR count). The molecule has 7 heteroatoms. The first-order chi connectivity index (χ1) is 9.93. The third-order valence-electron chi connectivity index (χ3n) is 2.79. The van der Waals surface area contributed by atoms with Gasteiger partial charge in [0.05, 0.1) is 23.0 Å². The van der Waals surface area contributed by atoms with Crippen molar-refractivity contribution in [1.82, 2.24) is 0 Å². The van der Waals surface area contributed by atoms with E-state index in [9.17, 15) is 8.78 Å². The van der Waals surface area contributed by atoms with E-state index in [4.69, 9.17) is 22.7 Å². The van der Waals surface area contributed by atoms with E-state index in [1.807, 2.05) is 0 Å². The van der Waals surface area contributed by atoms with Crippen molar-refractivity contribution >= 4 is 44.5 Å². The van der Waals surface area contributed by atoms with Gasteiger partial charge in [0, 0.05) is 11.6 Å². The zero-order valence-corrected chi connectivity index (χ0v) is 13.3. The van der Waals surface area contributed by atoms with Crippen LogP contribution >= 0.6 is 28.1 Å². The van der Waals surface area contributed by atoms with Gasteiger partial charge in [-0.3, -0.25) is 0 Å². The van der Waals surface area contributed by atoms with Crippen LogP contribution in [0.5, 0.6) is 5.75 Å². The molecule has 0 atom stereocenters. The van der Waals surface area contributed by atoms with E-state index in [1.165, 1.54) is 31.4 Å². The second kappa shape index (κ2) is 6.36. The number of nitrogens with two attached hydrogens (primary N) is 1. The van der Waals surface area contributed by atoms with E-state index >= 15 is 0 Å². The van der Waals surface area contributed by atoms with Gasteiger partial charge in [-0.15, -0.1) is 0 Å². The Bertz CT molecular complexity index is 710. The van der Waals surface area contributed by atoms with E-state index in [0.717, 1.165) is 0 Å². The van der Waals surface area contributed by atoms with Crippen LogP contribution in [-0.4, -0.2) is 12.1 Å². The van der Waals surface area contributed by atoms with E-state index in [0.29, 0.717) is 11.3 Å². The fourth-order valence-corrected chi connectivity index (χ4v) is 2.57. The molecule has 3 nitrogen and oxygen atoms in total. The zero-order chi connectivity index (χ0) is 15.6. The van der Waals surface area contributed by atoms with Crippen molar-refractivity contribution in [2.75, 3.05) is 12.4 Å². The molecule has 0 saturated carbocycles. The van der Waals surface area contributed by atoms with Crippen molar-refractivity contribution in [3.05, 3.63) is 52.0 Å². The molecule has 0 saturated heterocycles. The molecule has 0 bridgehead atoms. The predicted octanol–water partition coefficient (Wildman–Crippen LogP) is 4.11. The smallest absolute Gasteiger partial charge is 0.161 e. The van der Waals surface area contributed by atoms with Crippen molar-refractivity contribution < 1.29 is 13.5 Å². The largest absolute Gasteiger partial charge is 0.497 e. The number of benzene rings is 2. The third kappa shape index (κ3) is 3.30. The van der Waals surface area contributed by atoms with Gasteiger partial charge in [-0.25, -0.2) is 8.78 Å². The second-order valence-corrected chi connectivity index (χ2v) is 5.36. The zero-order valence-electron chi connectivity index (χ0n) is 10.9. The molecular weight excluding hydrogens is 362 g/mol. The predicted molar refractivity (Wildman–Crippen MR) is 86.2 cm³/mol. The summed E-state index contributed by atoms with van der Waals surface area (Å²) in [5, 5.41) is 2.68. The standard InChI is InChI=1S/C14H11BrF2N2OS/c1-20-7-2-4-9(16)11(6-7)19-10-5-3-8(14(18)21)12(15)13(10)17/h2-6,19H,1H3,(H2,18,21). The van der Waals surface area contributed by atoms with Crippen LogP contribution in [0.15, 0.2) is 34.8 Å². The topological polar surface area (TPSA) is 47.3 Å². The molecule has 0 radical (unpaired) electrons. The molecule has 0 heterocycles. The van der Waals surface area contributed by atoms with Crippen LogP contribution in [0.25, 0.3) is 0 Å². The summed E-state index contributed by atoms with van der Waals surface area (Å²) in [6, 6.07) is 7.13. The number of halogens is 3. The Balaban J connectivity index is 2.41. The van der Waals surface area contributed by atoms with Gasteiger partial charge in [-0.05, 0) is 40.2 Å². The summed E-state index contributed by atoms with van der Waals surface area (Å²) in [4.78, 5) is 0.0693. The lowest BCUT2D eigenvalue weighted by Crippen LogP contribution is -2.11. The Morgan fingerprint density at radius 2 is 1.95 bits per heavy atom. The molecule has 3 N–H and O–H groups in total. The third-order valence-corrected chi connectivity index (χ3v) is 3.79. The first-order valence-electron chi connectivity index (χ1n) is 5.82. The van der Waals surface area contributed by atoms with Crippen LogP contribution in [0, 0.1) is 11.6 Å². The molecule has 110 valence electrons. The van der Waals surface area contributed by atoms with Crippen LogP contribution < -0.4 is 15.8 Å². The lowest BCUT2D eigenvalue weighted by molar-refractivity contribution is 0.414. The minimum absolute atomic E-state index is 0.0693. The van der Waals surface area contributed by atoms with E-state index in [2.05, 4.69) is 21.2 Å². The van der Waals surface area contributed by atoms with Gasteiger partial charge in [0.25, 0.3) is 0 Å². The highest BCUT2D eigenvalue weighted by molar-refractivity contribution is 9.10. The highest BCUT2D eigenvalue weighted by Crippen LogP contribution is 2.31. The number of hydrogen-bond acceptors (Lipinski definition) is 3. The number of rotatable bonds is 4. The second-order valence-electron chi connectivity index (χ2n) is 4.12. The lowest BCUT2D eigenvalue weighted by atomic mass is 10.2. The summed E-state index contributed by atoms with van der Waals surface area (Å²) in [7, 11) is 1.46. The average molecular weight is 373 g/mol. The Kier molecular flexibility index (Phi) is 4.74. The summed E-state index contributed by atoms with van der Waals surface area (Å²) in [6.07, 6.45) is 0. The molecular formula is C14H11BrF2N2OS. The number of methoxy groups -OCH3 is 1. The van der Waals surface area contributed by atoms with Gasteiger partial charge >= 0.3 is 0 Å². The SMILES string of the molecule is COc1ccc(F)c(Nc2ccc(C(N)=S)c(Br)c2F)c1. The summed E-state index contributed by atoms with van der Waals surface area (Å²) in [6.45, 7) is 0. The van der Waals surface area contributed by atoms with Crippen molar-refractivity contribution in [2.24, 2.45) is 5.73 Å². The van der Waals surface area contributed by atoms with Gasteiger partial charge < -0.3 is 15.8 Å². The van der Waals surface area contributed by atoms with Crippen molar-refractivity contribution in [3.63, 3.8) is 0 Å². The normalized spacial score (nSPS) is 10.3. The van der Waals surface area contributed by atoms with Crippen molar-refractivity contribution in [1.29, 1.82) is 0 Å². The molecule has 0 unspecified atom stereocenters. The van der Waals surface area contributed by atoms with Gasteiger partial charge in [0.1, 0.15) is 16.6 Å². The number of anilines is 2. The Morgan fingerprint density at radius 3 is 2.57 bits per heavy atom. The van der Waals surface area contributed by atoms with E-state index < -0.39 is 11.6 Å². The highest BCUT2D eigenvalue weighted by Gasteiger charge is 2.14. The number of ether oxygens (including phenoxy) is 1. The molecule has 0 aliphatic carbocycles. The minimum atomic E-state index is -0.609. The molecule has 2 aromatic carbocycles. The van der Waals surface area contributed by atoms with Crippen molar-refractivity contribution in [3.8, 4) is 5.75 Å². The first kappa shape index (κ1) is 15.7. The van der Waals surface area contributed by atoms with E-state index in [1.54, 1.807) is 6.07 Å². The summed E-state index contributed by atoms with van der Waals surface area (Å²) in [5.74, 6) is -0.676. The summed E-state index contributed by atoms with van der Waals surface area (Å²) < 4.78 is 33.1. The van der Waals surface area contributed by atoms with Crippen LogP contribution in [0.2, 0.25) is 0 Å². The van der Waals surface area contributed by atoms with Gasteiger partial charge in [0.15, 0.2) is 5.82 Å². The summed E-state index contributed by atoms with van der Waals surface area (Å²) in [5.41, 5.74) is 6.05. The Hall–Kier alpha value is -1.73. The molecule has 0 fully saturated rings. The maximum Gasteiger partial charge on any atom is 0.161 e. The Morgan fingerprint density at radius 1 is 1.24 bits per heavy atom. The number of hydrogen-bond donors (Lipinski definition) is 2. The fourth-order valence-electron chi connectivity index (χ4n) is 1.71. The quantitative estimate of drug-likeness (QED) is 0.792. The van der Waals surface area contributed by atoms with Gasteiger partial charge in [-0.1, -0.05) is 12.2 Å². The van der Waals surface area contributed by atoms with Crippen LogP contribution in [0.3, 0.4) is 0 Å². The molecule has 0 aliphatic heterocycles. The fraction of sp³-hybridized carbons (Fsp3) is 0.0714. The van der Waals surface area contributed by atoms with Crippen LogP contribution in [0.1, 0.15) is 5.56 Å². The number of thiocarbonyl (C=S) groups is 1. The highest BCUT2D eigenvalue weighted by atomic mass is 79.9. The monoisotopic (exact) mass is 372 g/mol. The maximum atomic E-state index is 14.2. The Labute approximate surface area is 134 Å². The average Bonchev–Trinajstić information content (AvgIpc) is 2.45. The van der Waals surface area contributed by atoms with Crippen LogP contribution in [-0.2, 0) is 0 Å². The molecule has 0 aromatic heterocycles. The van der Waals surface area contributed by atoms with E-state index in [-0.39, 0.29) is 20.8 Å². The maximum absolute atomic E-state index is 14.2. The summed E-state index contributed by atoms with van der Waals surface area (Å²) >= 11 is 7.91. The van der Waals surface area contributed by atoms with Crippen LogP contribution in [0.4, 0.5) is 20.2 Å². The lowest BCUT2D eigenvalue weighted by Gasteiger charge is -2.12.